The van der Waals surface area contributed by atoms with Crippen LogP contribution in [-0.2, 0) is 10.0 Å². The van der Waals surface area contributed by atoms with Gasteiger partial charge in [-0.2, -0.15) is 10.2 Å². The van der Waals surface area contributed by atoms with Crippen LogP contribution < -0.4 is 19.1 Å². The monoisotopic (exact) mass is 488 g/mol. The Morgan fingerprint density at radius 1 is 1.18 bits per heavy atom. The summed E-state index contributed by atoms with van der Waals surface area (Å²) in [5.74, 6) is 0.601. The average Bonchev–Trinajstić information content (AvgIpc) is 2.84. The Labute approximate surface area is 198 Å². The summed E-state index contributed by atoms with van der Waals surface area (Å²) < 4.78 is 39.8. The summed E-state index contributed by atoms with van der Waals surface area (Å²) in [6.07, 6.45) is 1.67. The van der Waals surface area contributed by atoms with E-state index in [1.165, 1.54) is 31.6 Å². The number of aromatic nitrogens is 2. The first-order valence-corrected chi connectivity index (χ1v) is 12.0. The highest BCUT2D eigenvalue weighted by molar-refractivity contribution is 7.93. The molecule has 1 unspecified atom stereocenters. The van der Waals surface area contributed by atoms with E-state index in [1.54, 1.807) is 37.3 Å². The molecule has 3 rings (SSSR count). The van der Waals surface area contributed by atoms with Crippen molar-refractivity contribution < 1.29 is 28.1 Å². The minimum absolute atomic E-state index is 0.0846. The second kappa shape index (κ2) is 11.1. The van der Waals surface area contributed by atoms with Crippen molar-refractivity contribution in [1.82, 2.24) is 10.2 Å². The number of aliphatic hydroxyl groups is 2. The molecule has 0 aliphatic carbocycles. The van der Waals surface area contributed by atoms with Gasteiger partial charge in [-0.25, -0.2) is 8.42 Å². The van der Waals surface area contributed by atoms with Crippen molar-refractivity contribution in [2.75, 3.05) is 36.5 Å². The van der Waals surface area contributed by atoms with Crippen molar-refractivity contribution >= 4 is 27.1 Å². The van der Waals surface area contributed by atoms with Gasteiger partial charge in [0.2, 0.25) is 0 Å². The molecule has 2 aromatic carbocycles. The summed E-state index contributed by atoms with van der Waals surface area (Å²) in [7, 11) is -2.87. The normalized spacial score (nSPS) is 12.1. The number of benzene rings is 2. The fraction of sp³-hybridized carbons (Fsp3) is 0.304. The number of para-hydroxylation sites is 1. The van der Waals surface area contributed by atoms with Crippen LogP contribution in [-0.4, -0.2) is 61.8 Å². The van der Waals surface area contributed by atoms with Crippen LogP contribution in [0.1, 0.15) is 12.5 Å². The van der Waals surface area contributed by atoms with Crippen molar-refractivity contribution in [2.24, 2.45) is 0 Å². The molecule has 1 heterocycles. The number of rotatable bonds is 11. The topological polar surface area (TPSA) is 134 Å². The van der Waals surface area contributed by atoms with Gasteiger partial charge in [-0.15, -0.1) is 0 Å². The average molecular weight is 489 g/mol. The van der Waals surface area contributed by atoms with Gasteiger partial charge < -0.3 is 25.0 Å². The highest BCUT2D eigenvalue weighted by Gasteiger charge is 2.32. The fourth-order valence-corrected chi connectivity index (χ4v) is 5.05. The van der Waals surface area contributed by atoms with Gasteiger partial charge in [0.25, 0.3) is 10.0 Å². The lowest BCUT2D eigenvalue weighted by Gasteiger charge is -2.30. The summed E-state index contributed by atoms with van der Waals surface area (Å²) >= 11 is 0. The van der Waals surface area contributed by atoms with E-state index < -0.39 is 29.3 Å². The van der Waals surface area contributed by atoms with E-state index >= 15 is 0 Å². The Hall–Kier alpha value is -3.41. The molecule has 10 nitrogen and oxygen atoms in total. The van der Waals surface area contributed by atoms with Crippen molar-refractivity contribution in [3.05, 3.63) is 60.4 Å². The standard InChI is InChI=1S/C23H28N4O6S/c1-4-33-19-11-16(2)23(26-17-9-10-24-25-13-17)20(12-19)27(14-18(29)15-28)34(30,31)22-8-6-5-7-21(22)32-3/h5-13,18,28-29H,4,14-15H2,1-3H3,(H,24,26). The Morgan fingerprint density at radius 2 is 1.94 bits per heavy atom. The lowest BCUT2D eigenvalue weighted by atomic mass is 10.1. The molecule has 0 radical (unpaired) electrons. The van der Waals surface area contributed by atoms with Crippen molar-refractivity contribution in [3.63, 3.8) is 0 Å². The zero-order chi connectivity index (χ0) is 24.7. The molecule has 0 amide bonds. The predicted octanol–water partition coefficient (Wildman–Crippen LogP) is 2.48. The molecule has 34 heavy (non-hydrogen) atoms. The third-order valence-electron chi connectivity index (χ3n) is 4.95. The van der Waals surface area contributed by atoms with Gasteiger partial charge in [0.1, 0.15) is 16.4 Å². The molecule has 0 aliphatic rings. The first-order valence-electron chi connectivity index (χ1n) is 10.6. The number of hydrogen-bond donors (Lipinski definition) is 3. The maximum absolute atomic E-state index is 13.9. The third-order valence-corrected chi connectivity index (χ3v) is 6.77. The maximum atomic E-state index is 13.9. The zero-order valence-corrected chi connectivity index (χ0v) is 20.0. The van der Waals surface area contributed by atoms with Crippen LogP contribution in [0.4, 0.5) is 17.1 Å². The van der Waals surface area contributed by atoms with E-state index in [-0.39, 0.29) is 16.3 Å². The summed E-state index contributed by atoms with van der Waals surface area (Å²) in [5.41, 5.74) is 1.95. The van der Waals surface area contributed by atoms with Gasteiger partial charge in [-0.3, -0.25) is 4.31 Å². The molecule has 0 aliphatic heterocycles. The van der Waals surface area contributed by atoms with Crippen LogP contribution in [0.2, 0.25) is 0 Å². The van der Waals surface area contributed by atoms with E-state index in [2.05, 4.69) is 15.5 Å². The molecule has 0 saturated heterocycles. The third kappa shape index (κ3) is 5.56. The van der Waals surface area contributed by atoms with E-state index in [4.69, 9.17) is 9.47 Å². The number of nitrogens with zero attached hydrogens (tertiary/aromatic N) is 3. The Bertz CT molecular complexity index is 1210. The summed E-state index contributed by atoms with van der Waals surface area (Å²) in [4.78, 5) is -0.0846. The quantitative estimate of drug-likeness (QED) is 0.372. The van der Waals surface area contributed by atoms with Crippen LogP contribution in [0.3, 0.4) is 0 Å². The highest BCUT2D eigenvalue weighted by atomic mass is 32.2. The van der Waals surface area contributed by atoms with Crippen LogP contribution >= 0.6 is 0 Å². The van der Waals surface area contributed by atoms with Gasteiger partial charge >= 0.3 is 0 Å². The highest BCUT2D eigenvalue weighted by Crippen LogP contribution is 2.40. The lowest BCUT2D eigenvalue weighted by Crippen LogP contribution is -2.39. The molecule has 3 N–H and O–H groups in total. The maximum Gasteiger partial charge on any atom is 0.268 e. The number of aliphatic hydroxyl groups excluding tert-OH is 2. The van der Waals surface area contributed by atoms with Gasteiger partial charge in [0.05, 0.1) is 62.4 Å². The van der Waals surface area contributed by atoms with Gasteiger partial charge in [0, 0.05) is 6.07 Å². The molecule has 1 aromatic heterocycles. The number of hydrogen-bond acceptors (Lipinski definition) is 9. The zero-order valence-electron chi connectivity index (χ0n) is 19.2. The molecular weight excluding hydrogens is 460 g/mol. The van der Waals surface area contributed by atoms with Crippen molar-refractivity contribution in [2.45, 2.75) is 24.8 Å². The Kier molecular flexibility index (Phi) is 8.26. The Morgan fingerprint density at radius 3 is 2.59 bits per heavy atom. The number of ether oxygens (including phenoxy) is 2. The first-order chi connectivity index (χ1) is 16.3. The number of sulfonamides is 1. The van der Waals surface area contributed by atoms with Gasteiger partial charge in [0.15, 0.2) is 0 Å². The molecule has 182 valence electrons. The molecule has 0 saturated carbocycles. The van der Waals surface area contributed by atoms with E-state index in [0.29, 0.717) is 29.3 Å². The van der Waals surface area contributed by atoms with E-state index in [1.807, 2.05) is 6.92 Å². The smallest absolute Gasteiger partial charge is 0.268 e. The molecule has 3 aromatic rings. The fourth-order valence-electron chi connectivity index (χ4n) is 3.38. The van der Waals surface area contributed by atoms with Crippen LogP contribution in [0.25, 0.3) is 0 Å². The number of nitrogens with one attached hydrogen (secondary N) is 1. The summed E-state index contributed by atoms with van der Waals surface area (Å²) in [5, 5.41) is 30.6. The second-order valence-electron chi connectivity index (χ2n) is 7.35. The number of anilines is 3. The van der Waals surface area contributed by atoms with Gasteiger partial charge in [-0.05, 0) is 43.7 Å². The van der Waals surface area contributed by atoms with Crippen LogP contribution in [0.5, 0.6) is 11.5 Å². The SMILES string of the molecule is CCOc1cc(C)c(Nc2ccnnc2)c(N(CC(O)CO)S(=O)(=O)c2ccccc2OC)c1. The molecule has 0 spiro atoms. The molecule has 1 atom stereocenters. The molecule has 0 fully saturated rings. The van der Waals surface area contributed by atoms with Crippen molar-refractivity contribution in [1.29, 1.82) is 0 Å². The van der Waals surface area contributed by atoms with Crippen LogP contribution in [0.15, 0.2) is 59.8 Å². The van der Waals surface area contributed by atoms with E-state index in [0.717, 1.165) is 4.31 Å². The summed E-state index contributed by atoms with van der Waals surface area (Å²) in [6, 6.07) is 11.2. The molecular formula is C23H28N4O6S. The Balaban J connectivity index is 2.25. The van der Waals surface area contributed by atoms with Gasteiger partial charge in [-0.1, -0.05) is 12.1 Å². The molecule has 0 bridgehead atoms. The van der Waals surface area contributed by atoms with E-state index in [9.17, 15) is 18.6 Å². The second-order valence-corrected chi connectivity index (χ2v) is 9.18. The van der Waals surface area contributed by atoms with Crippen molar-refractivity contribution in [3.8, 4) is 11.5 Å². The lowest BCUT2D eigenvalue weighted by molar-refractivity contribution is 0.102. The number of aryl methyl sites for hydroxylation is 1. The minimum atomic E-state index is -4.25. The number of methoxy groups -OCH3 is 1. The predicted molar refractivity (Wildman–Crippen MR) is 128 cm³/mol. The minimum Gasteiger partial charge on any atom is -0.495 e. The molecule has 11 heteroatoms. The first kappa shape index (κ1) is 25.2. The largest absolute Gasteiger partial charge is 0.495 e. The van der Waals surface area contributed by atoms with Crippen LogP contribution in [0, 0.1) is 6.92 Å². The summed E-state index contributed by atoms with van der Waals surface area (Å²) in [6.45, 7) is 2.97.